The fraction of sp³-hybridized carbons (Fsp3) is 0.471. The molecule has 1 aliphatic heterocycles. The first-order chi connectivity index (χ1) is 11.6. The number of aromatic nitrogens is 3. The van der Waals surface area contributed by atoms with Crippen LogP contribution in [0.2, 0.25) is 0 Å². The van der Waals surface area contributed by atoms with Crippen molar-refractivity contribution in [2.45, 2.75) is 32.4 Å². The molecule has 0 aliphatic carbocycles. The highest BCUT2D eigenvalue weighted by Crippen LogP contribution is 2.25. The molecule has 7 heteroatoms. The minimum Gasteiger partial charge on any atom is -0.496 e. The molecule has 1 aromatic heterocycles. The number of aliphatic hydroxyl groups is 1. The van der Waals surface area contributed by atoms with E-state index in [2.05, 4.69) is 16.4 Å². The minimum absolute atomic E-state index is 0.00353. The zero-order valence-electron chi connectivity index (χ0n) is 14.0. The van der Waals surface area contributed by atoms with E-state index in [0.717, 1.165) is 18.6 Å². The van der Waals surface area contributed by atoms with Crippen molar-refractivity contribution < 1.29 is 14.6 Å². The first-order valence-corrected chi connectivity index (χ1v) is 8.09. The quantitative estimate of drug-likeness (QED) is 0.903. The van der Waals surface area contributed by atoms with Gasteiger partial charge in [-0.25, -0.2) is 4.68 Å². The smallest absolute Gasteiger partial charge is 0.244 e. The number of hydrogen-bond donors (Lipinski definition) is 1. The van der Waals surface area contributed by atoms with Gasteiger partial charge in [-0.1, -0.05) is 17.3 Å². The van der Waals surface area contributed by atoms with E-state index in [4.69, 9.17) is 4.74 Å². The van der Waals surface area contributed by atoms with Crippen LogP contribution in [0.3, 0.4) is 0 Å². The van der Waals surface area contributed by atoms with Gasteiger partial charge in [0.2, 0.25) is 5.91 Å². The molecule has 1 unspecified atom stereocenters. The fourth-order valence-electron chi connectivity index (χ4n) is 3.00. The van der Waals surface area contributed by atoms with E-state index in [1.54, 1.807) is 20.2 Å². The normalized spacial score (nSPS) is 15.5. The van der Waals surface area contributed by atoms with E-state index >= 15 is 0 Å². The number of ether oxygens (including phenoxy) is 1. The van der Waals surface area contributed by atoms with E-state index in [-0.39, 0.29) is 12.5 Å². The van der Waals surface area contributed by atoms with Crippen molar-refractivity contribution in [2.24, 2.45) is 0 Å². The van der Waals surface area contributed by atoms with Crippen LogP contribution in [0.1, 0.15) is 29.8 Å². The molecule has 0 spiro atoms. The number of benzene rings is 1. The number of carbonyl (C=O) groups excluding carboxylic acids is 1. The van der Waals surface area contributed by atoms with Crippen molar-refractivity contribution in [1.29, 1.82) is 0 Å². The summed E-state index contributed by atoms with van der Waals surface area (Å²) in [5.41, 5.74) is 2.89. The van der Waals surface area contributed by atoms with Crippen LogP contribution in [0.5, 0.6) is 5.75 Å². The molecule has 24 heavy (non-hydrogen) atoms. The average Bonchev–Trinajstić information content (AvgIpc) is 2.92. The van der Waals surface area contributed by atoms with Crippen molar-refractivity contribution in [3.05, 3.63) is 41.2 Å². The van der Waals surface area contributed by atoms with Crippen molar-refractivity contribution in [3.8, 4) is 5.75 Å². The lowest BCUT2D eigenvalue weighted by molar-refractivity contribution is -0.132. The second kappa shape index (κ2) is 7.00. The van der Waals surface area contributed by atoms with Gasteiger partial charge in [0, 0.05) is 13.1 Å². The number of hydrogen-bond acceptors (Lipinski definition) is 5. The van der Waals surface area contributed by atoms with Crippen molar-refractivity contribution in [3.63, 3.8) is 0 Å². The number of nitrogens with zero attached hydrogens (tertiary/aromatic N) is 4. The maximum Gasteiger partial charge on any atom is 0.244 e. The molecule has 7 nitrogen and oxygen atoms in total. The van der Waals surface area contributed by atoms with E-state index in [0.29, 0.717) is 18.8 Å². The van der Waals surface area contributed by atoms with E-state index < -0.39 is 6.10 Å². The molecule has 0 saturated carbocycles. The lowest BCUT2D eigenvalue weighted by Gasteiger charge is -2.20. The minimum atomic E-state index is -0.686. The molecule has 0 bridgehead atoms. The summed E-state index contributed by atoms with van der Waals surface area (Å²) in [4.78, 5) is 14.4. The van der Waals surface area contributed by atoms with Gasteiger partial charge in [0.05, 0.1) is 19.4 Å². The Morgan fingerprint density at radius 3 is 2.88 bits per heavy atom. The largest absolute Gasteiger partial charge is 0.496 e. The van der Waals surface area contributed by atoms with E-state index in [1.807, 2.05) is 17.0 Å². The van der Waals surface area contributed by atoms with Crippen LogP contribution in [0.15, 0.2) is 24.4 Å². The third-order valence-electron chi connectivity index (χ3n) is 4.37. The van der Waals surface area contributed by atoms with Gasteiger partial charge in [-0.05, 0) is 37.0 Å². The molecule has 2 aromatic rings. The molecular formula is C17H22N4O3. The molecule has 0 fully saturated rings. The van der Waals surface area contributed by atoms with Crippen LogP contribution in [0.4, 0.5) is 0 Å². The van der Waals surface area contributed by atoms with Gasteiger partial charge in [-0.15, -0.1) is 5.10 Å². The van der Waals surface area contributed by atoms with Crippen LogP contribution in [0, 0.1) is 0 Å². The van der Waals surface area contributed by atoms with Crippen molar-refractivity contribution >= 4 is 5.91 Å². The third kappa shape index (κ3) is 3.41. The highest BCUT2D eigenvalue weighted by molar-refractivity contribution is 5.76. The molecule has 1 N–H and O–H groups in total. The zero-order valence-corrected chi connectivity index (χ0v) is 14.0. The summed E-state index contributed by atoms with van der Waals surface area (Å²) >= 11 is 0. The maximum absolute atomic E-state index is 12.5. The molecule has 1 aliphatic rings. The Morgan fingerprint density at radius 1 is 1.38 bits per heavy atom. The Morgan fingerprint density at radius 2 is 2.17 bits per heavy atom. The molecule has 1 atom stereocenters. The first kappa shape index (κ1) is 16.4. The predicted octanol–water partition coefficient (Wildman–Crippen LogP) is 0.967. The Balaban J connectivity index is 1.67. The van der Waals surface area contributed by atoms with Crippen LogP contribution < -0.4 is 4.74 Å². The fourth-order valence-corrected chi connectivity index (χ4v) is 3.00. The van der Waals surface area contributed by atoms with E-state index in [9.17, 15) is 9.90 Å². The first-order valence-electron chi connectivity index (χ1n) is 8.09. The summed E-state index contributed by atoms with van der Waals surface area (Å²) in [5, 5.41) is 17.2. The molecule has 0 radical (unpaired) electrons. The summed E-state index contributed by atoms with van der Waals surface area (Å²) in [5.74, 6) is 0.892. The van der Waals surface area contributed by atoms with Crippen LogP contribution in [-0.4, -0.2) is 51.1 Å². The SMILES string of the molecule is COc1cccc2c1CCN(C(=O)Cn1cc(C(C)O)nn1)CC2. The summed E-state index contributed by atoms with van der Waals surface area (Å²) in [6, 6.07) is 6.05. The second-order valence-corrected chi connectivity index (χ2v) is 6.00. The number of fused-ring (bicyclic) bond motifs is 1. The van der Waals surface area contributed by atoms with Crippen molar-refractivity contribution in [2.75, 3.05) is 20.2 Å². The molecule has 2 heterocycles. The molecule has 128 valence electrons. The van der Waals surface area contributed by atoms with Crippen LogP contribution in [-0.2, 0) is 24.2 Å². The van der Waals surface area contributed by atoms with Gasteiger partial charge in [-0.3, -0.25) is 4.79 Å². The molecule has 1 aromatic carbocycles. The Kier molecular flexibility index (Phi) is 4.80. The summed E-state index contributed by atoms with van der Waals surface area (Å²) in [6.45, 7) is 3.09. The maximum atomic E-state index is 12.5. The second-order valence-electron chi connectivity index (χ2n) is 6.00. The Bertz CT molecular complexity index is 726. The standard InChI is InChI=1S/C17H22N4O3/c1-12(22)15-10-21(19-18-15)11-17(23)20-8-6-13-4-3-5-16(24-2)14(13)7-9-20/h3-5,10,12,22H,6-9,11H2,1-2H3. The van der Waals surface area contributed by atoms with Crippen LogP contribution in [0.25, 0.3) is 0 Å². The van der Waals surface area contributed by atoms with Gasteiger partial charge in [0.25, 0.3) is 0 Å². The highest BCUT2D eigenvalue weighted by atomic mass is 16.5. The van der Waals surface area contributed by atoms with Crippen LogP contribution >= 0.6 is 0 Å². The molecule has 0 saturated heterocycles. The van der Waals surface area contributed by atoms with Gasteiger partial charge < -0.3 is 14.7 Å². The van der Waals surface area contributed by atoms with E-state index in [1.165, 1.54) is 15.8 Å². The molecular weight excluding hydrogens is 308 g/mol. The number of carbonyl (C=O) groups is 1. The highest BCUT2D eigenvalue weighted by Gasteiger charge is 2.21. The average molecular weight is 330 g/mol. The van der Waals surface area contributed by atoms with Gasteiger partial charge in [0.15, 0.2) is 0 Å². The topological polar surface area (TPSA) is 80.5 Å². The number of aliphatic hydroxyl groups excluding tert-OH is 1. The summed E-state index contributed by atoms with van der Waals surface area (Å²) in [6.07, 6.45) is 2.52. The number of rotatable bonds is 4. The van der Waals surface area contributed by atoms with Crippen molar-refractivity contribution in [1.82, 2.24) is 19.9 Å². The third-order valence-corrected chi connectivity index (χ3v) is 4.37. The Hall–Kier alpha value is -2.41. The van der Waals surface area contributed by atoms with Gasteiger partial charge in [-0.2, -0.15) is 0 Å². The number of amides is 1. The summed E-state index contributed by atoms with van der Waals surface area (Å²) in [7, 11) is 1.67. The number of methoxy groups -OCH3 is 1. The summed E-state index contributed by atoms with van der Waals surface area (Å²) < 4.78 is 6.91. The predicted molar refractivity (Wildman–Crippen MR) is 87.6 cm³/mol. The van der Waals surface area contributed by atoms with Gasteiger partial charge >= 0.3 is 0 Å². The molecule has 1 amide bonds. The zero-order chi connectivity index (χ0) is 17.1. The lowest BCUT2D eigenvalue weighted by Crippen LogP contribution is -2.36. The lowest BCUT2D eigenvalue weighted by atomic mass is 10.0. The molecule has 3 rings (SSSR count). The monoisotopic (exact) mass is 330 g/mol. The Labute approximate surface area is 140 Å². The van der Waals surface area contributed by atoms with Gasteiger partial charge in [0.1, 0.15) is 18.0 Å².